The largest absolute Gasteiger partial charge is 0.403 e. The molecule has 0 spiro atoms. The highest BCUT2D eigenvalue weighted by molar-refractivity contribution is 4.92. The summed E-state index contributed by atoms with van der Waals surface area (Å²) in [5.74, 6) is 0. The third-order valence-corrected chi connectivity index (χ3v) is 1.33. The topological polar surface area (TPSA) is 38.0 Å². The van der Waals surface area contributed by atoms with Crippen molar-refractivity contribution in [3.05, 3.63) is 24.6 Å². The van der Waals surface area contributed by atoms with Crippen LogP contribution >= 0.6 is 0 Å². The Kier molecular flexibility index (Phi) is 4.46. The fraction of sp³-hybridized carbons (Fsp3) is 0.500. The fourth-order valence-electron chi connectivity index (χ4n) is 0.654. The van der Waals surface area contributed by atoms with Crippen molar-refractivity contribution >= 4 is 0 Å². The van der Waals surface area contributed by atoms with Crippen LogP contribution in [-0.2, 0) is 0 Å². The summed E-state index contributed by atoms with van der Waals surface area (Å²) in [6.07, 6.45) is 2.91. The molecule has 0 rings (SSSR count). The van der Waals surface area contributed by atoms with Crippen LogP contribution < -0.4 is 11.1 Å². The predicted octanol–water partition coefficient (Wildman–Crippen LogP) is 1.36. The van der Waals surface area contributed by atoms with Crippen molar-refractivity contribution in [3.8, 4) is 0 Å². The molecule has 2 heteroatoms. The fourth-order valence-corrected chi connectivity index (χ4v) is 0.654. The highest BCUT2D eigenvalue weighted by Gasteiger charge is 1.90. The monoisotopic (exact) mass is 140 g/mol. The van der Waals surface area contributed by atoms with Crippen molar-refractivity contribution in [1.82, 2.24) is 5.32 Å². The summed E-state index contributed by atoms with van der Waals surface area (Å²) in [4.78, 5) is 0. The summed E-state index contributed by atoms with van der Waals surface area (Å²) in [5, 5.41) is 2.97. The number of hydrogen-bond acceptors (Lipinski definition) is 2. The van der Waals surface area contributed by atoms with Gasteiger partial charge in [0.1, 0.15) is 0 Å². The molecule has 0 aromatic heterocycles. The van der Waals surface area contributed by atoms with Gasteiger partial charge in [-0.2, -0.15) is 0 Å². The number of nitrogens with two attached hydrogens (primary N) is 1. The molecule has 0 aromatic rings. The summed E-state index contributed by atoms with van der Waals surface area (Å²) >= 11 is 0. The van der Waals surface area contributed by atoms with Crippen LogP contribution in [0.15, 0.2) is 24.6 Å². The van der Waals surface area contributed by atoms with Crippen LogP contribution in [0.1, 0.15) is 19.3 Å². The molecule has 0 saturated heterocycles. The van der Waals surface area contributed by atoms with E-state index in [4.69, 9.17) is 5.73 Å². The van der Waals surface area contributed by atoms with Crippen LogP contribution in [0.3, 0.4) is 0 Å². The highest BCUT2D eigenvalue weighted by atomic mass is 14.8. The first-order chi connectivity index (χ1) is 4.66. The Bertz CT molecular complexity index is 127. The normalized spacial score (nSPS) is 8.90. The first-order valence-corrected chi connectivity index (χ1v) is 3.45. The third kappa shape index (κ3) is 5.22. The van der Waals surface area contributed by atoms with Crippen LogP contribution in [0.2, 0.25) is 0 Å². The van der Waals surface area contributed by atoms with Gasteiger partial charge in [-0.05, 0) is 19.3 Å². The molecule has 0 aliphatic rings. The molecular formula is C8H16N2. The van der Waals surface area contributed by atoms with E-state index in [1.165, 1.54) is 0 Å². The van der Waals surface area contributed by atoms with E-state index in [0.717, 1.165) is 30.7 Å². The standard InChI is InChI=1S/C8H16N2/c1-7(9)5-4-6-8(2)10-3/h10H,1-2,4-6,9H2,3H3. The van der Waals surface area contributed by atoms with Gasteiger partial charge in [0, 0.05) is 18.4 Å². The molecule has 0 unspecified atom stereocenters. The lowest BCUT2D eigenvalue weighted by molar-refractivity contribution is 0.757. The molecule has 0 aliphatic carbocycles. The highest BCUT2D eigenvalue weighted by Crippen LogP contribution is 2.03. The van der Waals surface area contributed by atoms with Crippen molar-refractivity contribution in [2.75, 3.05) is 7.05 Å². The quantitative estimate of drug-likeness (QED) is 0.605. The van der Waals surface area contributed by atoms with Crippen LogP contribution in [0.5, 0.6) is 0 Å². The maximum absolute atomic E-state index is 5.38. The molecule has 0 heterocycles. The lowest BCUT2D eigenvalue weighted by atomic mass is 10.2. The maximum atomic E-state index is 5.38. The molecule has 10 heavy (non-hydrogen) atoms. The van der Waals surface area contributed by atoms with Gasteiger partial charge in [-0.25, -0.2) is 0 Å². The van der Waals surface area contributed by atoms with Gasteiger partial charge in [-0.1, -0.05) is 13.2 Å². The molecule has 58 valence electrons. The van der Waals surface area contributed by atoms with E-state index >= 15 is 0 Å². The Morgan fingerprint density at radius 3 is 2.40 bits per heavy atom. The van der Waals surface area contributed by atoms with Gasteiger partial charge in [0.2, 0.25) is 0 Å². The Hall–Kier alpha value is -0.920. The second kappa shape index (κ2) is 4.91. The molecule has 0 amide bonds. The third-order valence-electron chi connectivity index (χ3n) is 1.33. The SMILES string of the molecule is C=C(N)CCCC(=C)NC. The van der Waals surface area contributed by atoms with Crippen molar-refractivity contribution < 1.29 is 0 Å². The van der Waals surface area contributed by atoms with Gasteiger partial charge < -0.3 is 11.1 Å². The van der Waals surface area contributed by atoms with Crippen LogP contribution in [0.4, 0.5) is 0 Å². The van der Waals surface area contributed by atoms with E-state index in [2.05, 4.69) is 18.5 Å². The maximum Gasteiger partial charge on any atom is 0.00311 e. The van der Waals surface area contributed by atoms with Gasteiger partial charge in [0.15, 0.2) is 0 Å². The minimum Gasteiger partial charge on any atom is -0.403 e. The minimum absolute atomic E-state index is 0.754. The molecule has 0 saturated carbocycles. The lowest BCUT2D eigenvalue weighted by Crippen LogP contribution is -2.04. The second-order valence-electron chi connectivity index (χ2n) is 2.37. The number of rotatable bonds is 5. The summed E-state index contributed by atoms with van der Waals surface area (Å²) in [7, 11) is 1.87. The molecule has 0 aliphatic heterocycles. The summed E-state index contributed by atoms with van der Waals surface area (Å²) in [6, 6.07) is 0. The Labute approximate surface area is 62.8 Å². The van der Waals surface area contributed by atoms with Crippen LogP contribution in [0, 0.1) is 0 Å². The molecule has 3 N–H and O–H groups in total. The Morgan fingerprint density at radius 2 is 2.00 bits per heavy atom. The summed E-state index contributed by atoms with van der Waals surface area (Å²) < 4.78 is 0. The van der Waals surface area contributed by atoms with E-state index in [1.807, 2.05) is 7.05 Å². The summed E-state index contributed by atoms with van der Waals surface area (Å²) in [6.45, 7) is 7.39. The number of allylic oxidation sites excluding steroid dienone is 2. The second-order valence-corrected chi connectivity index (χ2v) is 2.37. The van der Waals surface area contributed by atoms with E-state index in [-0.39, 0.29) is 0 Å². The molecule has 0 bridgehead atoms. The average Bonchev–Trinajstić information content (AvgIpc) is 1.87. The minimum atomic E-state index is 0.754. The van der Waals surface area contributed by atoms with Crippen molar-refractivity contribution in [1.29, 1.82) is 0 Å². The predicted molar refractivity (Wildman–Crippen MR) is 45.4 cm³/mol. The Balaban J connectivity index is 3.20. The lowest BCUT2D eigenvalue weighted by Gasteiger charge is -2.03. The van der Waals surface area contributed by atoms with Crippen molar-refractivity contribution in [3.63, 3.8) is 0 Å². The van der Waals surface area contributed by atoms with Crippen molar-refractivity contribution in [2.24, 2.45) is 5.73 Å². The zero-order valence-corrected chi connectivity index (χ0v) is 6.61. The molecular weight excluding hydrogens is 124 g/mol. The smallest absolute Gasteiger partial charge is 0.00311 e. The first kappa shape index (κ1) is 9.08. The molecule has 2 nitrogen and oxygen atoms in total. The molecule has 0 fully saturated rings. The molecule has 0 radical (unpaired) electrons. The van der Waals surface area contributed by atoms with Gasteiger partial charge in [-0.3, -0.25) is 0 Å². The van der Waals surface area contributed by atoms with Gasteiger partial charge >= 0.3 is 0 Å². The van der Waals surface area contributed by atoms with Crippen LogP contribution in [0.25, 0.3) is 0 Å². The molecule has 0 atom stereocenters. The van der Waals surface area contributed by atoms with Crippen LogP contribution in [-0.4, -0.2) is 7.05 Å². The van der Waals surface area contributed by atoms with Crippen molar-refractivity contribution in [2.45, 2.75) is 19.3 Å². The zero-order valence-electron chi connectivity index (χ0n) is 6.61. The van der Waals surface area contributed by atoms with Gasteiger partial charge in [-0.15, -0.1) is 0 Å². The van der Waals surface area contributed by atoms with Gasteiger partial charge in [0.05, 0.1) is 0 Å². The van der Waals surface area contributed by atoms with E-state index in [9.17, 15) is 0 Å². The van der Waals surface area contributed by atoms with E-state index in [1.54, 1.807) is 0 Å². The first-order valence-electron chi connectivity index (χ1n) is 3.45. The van der Waals surface area contributed by atoms with E-state index < -0.39 is 0 Å². The zero-order chi connectivity index (χ0) is 7.98. The Morgan fingerprint density at radius 1 is 1.40 bits per heavy atom. The summed E-state index contributed by atoms with van der Waals surface area (Å²) in [5.41, 5.74) is 7.19. The number of nitrogens with one attached hydrogen (secondary N) is 1. The molecule has 0 aromatic carbocycles. The average molecular weight is 140 g/mol. The van der Waals surface area contributed by atoms with E-state index in [0.29, 0.717) is 0 Å². The van der Waals surface area contributed by atoms with Gasteiger partial charge in [0.25, 0.3) is 0 Å². The number of hydrogen-bond donors (Lipinski definition) is 2.